The van der Waals surface area contributed by atoms with Crippen LogP contribution in [0.5, 0.6) is 0 Å². The van der Waals surface area contributed by atoms with Crippen molar-refractivity contribution >= 4 is 44.2 Å². The standard InChI is InChI=1S/C24H32N8O14P2/c1-2-5-41-9-17(33)46-20-13(45-23(19(20)34)32-11-29-18-21(26)27-10-28-22(18)32)8-42-47(36,37)14-6-16(31-4-3-15(25)30-24(31)35)44-12(14)7-43-48(38,39)40/h2-4,10-14,16,19-20,23,34H,1,5-9H2,(H,36,37)(H2,25,30,35)(H2,26,27,28)(H2,38,39,40)/t12-,13?,14+,16-,19-,20-,23-/m1/s1. The predicted octanol–water partition coefficient (Wildman–Crippen LogP) is -1.41. The number of rotatable bonds is 14. The van der Waals surface area contributed by atoms with Gasteiger partial charge in [-0.1, -0.05) is 6.08 Å². The van der Waals surface area contributed by atoms with Gasteiger partial charge in [-0.3, -0.25) is 18.2 Å². The molecule has 0 bridgehead atoms. The van der Waals surface area contributed by atoms with Crippen LogP contribution in [0.3, 0.4) is 0 Å². The number of aliphatic hydroxyl groups is 1. The Morgan fingerprint density at radius 2 is 1.85 bits per heavy atom. The van der Waals surface area contributed by atoms with Gasteiger partial charge in [0.15, 0.2) is 23.8 Å². The number of hydrogen-bond acceptors (Lipinski definition) is 17. The third-order valence-corrected chi connectivity index (χ3v) is 9.70. The predicted molar refractivity (Wildman–Crippen MR) is 160 cm³/mol. The highest BCUT2D eigenvalue weighted by Gasteiger charge is 2.52. The summed E-state index contributed by atoms with van der Waals surface area (Å²) < 4.78 is 59.6. The number of nitrogens with two attached hydrogens (primary N) is 2. The molecule has 22 nitrogen and oxygen atoms in total. The van der Waals surface area contributed by atoms with E-state index in [1.807, 2.05) is 0 Å². The minimum Gasteiger partial charge on any atom is -0.455 e. The summed E-state index contributed by atoms with van der Waals surface area (Å²) in [4.78, 5) is 70.3. The molecule has 0 saturated carbocycles. The fourth-order valence-corrected chi connectivity index (χ4v) is 7.08. The number of nitrogen functional groups attached to an aromatic ring is 2. The van der Waals surface area contributed by atoms with E-state index >= 15 is 0 Å². The van der Waals surface area contributed by atoms with Crippen molar-refractivity contribution in [2.45, 2.75) is 49.0 Å². The van der Waals surface area contributed by atoms with E-state index in [0.29, 0.717) is 0 Å². The highest BCUT2D eigenvalue weighted by atomic mass is 31.2. The van der Waals surface area contributed by atoms with Gasteiger partial charge in [-0.15, -0.1) is 6.58 Å². The summed E-state index contributed by atoms with van der Waals surface area (Å²) in [6, 6.07) is 1.28. The Hall–Kier alpha value is -3.66. The monoisotopic (exact) mass is 718 g/mol. The van der Waals surface area contributed by atoms with Crippen molar-refractivity contribution in [3.63, 3.8) is 0 Å². The van der Waals surface area contributed by atoms with E-state index in [0.717, 1.165) is 10.9 Å². The quantitative estimate of drug-likeness (QED) is 0.0482. The van der Waals surface area contributed by atoms with Crippen molar-refractivity contribution in [3.8, 4) is 0 Å². The third kappa shape index (κ3) is 7.96. The van der Waals surface area contributed by atoms with Crippen LogP contribution in [0.25, 0.3) is 11.2 Å². The largest absolute Gasteiger partial charge is 0.469 e. The van der Waals surface area contributed by atoms with Gasteiger partial charge in [-0.05, 0) is 6.07 Å². The number of esters is 1. The van der Waals surface area contributed by atoms with Crippen LogP contribution in [0.1, 0.15) is 18.9 Å². The van der Waals surface area contributed by atoms with Crippen molar-refractivity contribution in [1.82, 2.24) is 29.1 Å². The average Bonchev–Trinajstić information content (AvgIpc) is 3.72. The van der Waals surface area contributed by atoms with Crippen LogP contribution in [-0.2, 0) is 41.9 Å². The molecule has 8 atom stereocenters. The Morgan fingerprint density at radius 3 is 2.56 bits per heavy atom. The molecule has 8 N–H and O–H groups in total. The first-order valence-electron chi connectivity index (χ1n) is 14.0. The lowest BCUT2D eigenvalue weighted by atomic mass is 10.1. The number of phosphoric acid groups is 1. The maximum atomic E-state index is 13.7. The summed E-state index contributed by atoms with van der Waals surface area (Å²) in [7, 11) is -9.91. The highest BCUT2D eigenvalue weighted by Crippen LogP contribution is 2.56. The molecule has 2 unspecified atom stereocenters. The first-order valence-corrected chi connectivity index (χ1v) is 17.2. The molecule has 0 radical (unpaired) electrons. The molecule has 262 valence electrons. The number of anilines is 2. The minimum atomic E-state index is -5.05. The van der Waals surface area contributed by atoms with Gasteiger partial charge in [0.25, 0.3) is 0 Å². The summed E-state index contributed by atoms with van der Waals surface area (Å²) in [5.74, 6) is -0.961. The first kappa shape index (κ1) is 35.6. The summed E-state index contributed by atoms with van der Waals surface area (Å²) in [6.45, 7) is 1.37. The van der Waals surface area contributed by atoms with Crippen LogP contribution in [0, 0.1) is 0 Å². The molecule has 0 spiro atoms. The normalized spacial score (nSPS) is 27.2. The van der Waals surface area contributed by atoms with Gasteiger partial charge >= 0.3 is 27.1 Å². The summed E-state index contributed by atoms with van der Waals surface area (Å²) in [5, 5.41) is 11.2. The van der Waals surface area contributed by atoms with Gasteiger partial charge in [0, 0.05) is 12.6 Å². The lowest BCUT2D eigenvalue weighted by Gasteiger charge is -2.25. The van der Waals surface area contributed by atoms with Crippen LogP contribution in [0.4, 0.5) is 11.6 Å². The Bertz CT molecular complexity index is 1800. The molecule has 2 fully saturated rings. The fourth-order valence-electron chi connectivity index (χ4n) is 5.17. The number of hydrogen-bond donors (Lipinski definition) is 6. The van der Waals surface area contributed by atoms with E-state index in [-0.39, 0.29) is 35.8 Å². The molecular formula is C24H32N8O14P2. The van der Waals surface area contributed by atoms with E-state index in [1.54, 1.807) is 0 Å². The van der Waals surface area contributed by atoms with Crippen molar-refractivity contribution in [2.24, 2.45) is 0 Å². The molecule has 5 heterocycles. The zero-order valence-electron chi connectivity index (χ0n) is 24.8. The number of carbonyl (C=O) groups excluding carboxylic acids is 1. The molecule has 2 aliphatic heterocycles. The van der Waals surface area contributed by atoms with Gasteiger partial charge in [-0.2, -0.15) is 4.98 Å². The van der Waals surface area contributed by atoms with Crippen LogP contribution >= 0.6 is 15.4 Å². The summed E-state index contributed by atoms with van der Waals surface area (Å²) >= 11 is 0. The molecule has 0 aliphatic carbocycles. The molecule has 3 aromatic heterocycles. The maximum Gasteiger partial charge on any atom is 0.469 e. The Kier molecular flexibility index (Phi) is 10.7. The van der Waals surface area contributed by atoms with Crippen molar-refractivity contribution in [3.05, 3.63) is 48.1 Å². The molecule has 3 aromatic rings. The van der Waals surface area contributed by atoms with Crippen LogP contribution in [-0.4, -0.2) is 111 Å². The van der Waals surface area contributed by atoms with Crippen molar-refractivity contribution in [1.29, 1.82) is 0 Å². The Balaban J connectivity index is 1.38. The number of phosphoric ester groups is 1. The average molecular weight is 719 g/mol. The van der Waals surface area contributed by atoms with E-state index in [9.17, 15) is 38.5 Å². The second-order valence-electron chi connectivity index (χ2n) is 10.5. The molecule has 2 aliphatic rings. The van der Waals surface area contributed by atoms with E-state index < -0.39 is 89.4 Å². The molecule has 0 amide bonds. The number of nitrogens with zero attached hydrogens (tertiary/aromatic N) is 6. The zero-order valence-corrected chi connectivity index (χ0v) is 26.6. The summed E-state index contributed by atoms with van der Waals surface area (Å²) in [5.41, 5.74) is 9.39. The smallest absolute Gasteiger partial charge is 0.455 e. The van der Waals surface area contributed by atoms with Gasteiger partial charge in [0.05, 0.1) is 37.9 Å². The van der Waals surface area contributed by atoms with Crippen LogP contribution < -0.4 is 17.2 Å². The minimum absolute atomic E-state index is 0.0275. The number of ether oxygens (including phenoxy) is 4. The van der Waals surface area contributed by atoms with E-state index in [1.165, 1.54) is 29.2 Å². The molecule has 5 rings (SSSR count). The van der Waals surface area contributed by atoms with Gasteiger partial charge in [0.2, 0.25) is 0 Å². The number of imidazole rings is 1. The Labute approximate surface area is 270 Å². The number of fused-ring (bicyclic) bond motifs is 1. The Morgan fingerprint density at radius 1 is 1.10 bits per heavy atom. The number of aromatic nitrogens is 6. The first-order chi connectivity index (χ1) is 22.7. The lowest BCUT2D eigenvalue weighted by molar-refractivity contribution is -0.161. The summed E-state index contributed by atoms with van der Waals surface area (Å²) in [6.07, 6.45) is -3.78. The number of aliphatic hydroxyl groups excluding tert-OH is 1. The highest BCUT2D eigenvalue weighted by molar-refractivity contribution is 7.53. The molecular weight excluding hydrogens is 686 g/mol. The second-order valence-corrected chi connectivity index (χ2v) is 13.8. The van der Waals surface area contributed by atoms with Gasteiger partial charge in [0.1, 0.15) is 42.7 Å². The molecule has 48 heavy (non-hydrogen) atoms. The zero-order chi connectivity index (χ0) is 34.8. The van der Waals surface area contributed by atoms with Crippen LogP contribution in [0.15, 0.2) is 42.4 Å². The topological polar surface area (TPSA) is 318 Å². The van der Waals surface area contributed by atoms with Crippen molar-refractivity contribution in [2.75, 3.05) is 37.9 Å². The SMILES string of the molecule is C=CCOCC(=O)O[C@@H]1C(COP(=O)(O)[C@H]2C[C@H](n3ccc(N)nc3=O)O[C@@H]2COP(=O)(O)O)O[C@@H](n2cnc3c(N)ncnc32)[C@@H]1O. The fraction of sp³-hybridized carbons (Fsp3) is 0.500. The van der Waals surface area contributed by atoms with Gasteiger partial charge in [-0.25, -0.2) is 29.1 Å². The second kappa shape index (κ2) is 14.4. The third-order valence-electron chi connectivity index (χ3n) is 7.31. The van der Waals surface area contributed by atoms with E-state index in [4.69, 9.17) is 34.9 Å². The number of carbonyl (C=O) groups is 1. The van der Waals surface area contributed by atoms with Crippen LogP contribution in [0.2, 0.25) is 0 Å². The lowest BCUT2D eigenvalue weighted by Crippen LogP contribution is -2.39. The van der Waals surface area contributed by atoms with Crippen molar-refractivity contribution < 1.29 is 61.7 Å². The maximum absolute atomic E-state index is 13.7. The molecule has 2 saturated heterocycles. The van der Waals surface area contributed by atoms with E-state index in [2.05, 4.69) is 31.0 Å². The molecule has 24 heteroatoms. The van der Waals surface area contributed by atoms with Gasteiger partial charge < -0.3 is 54.7 Å². The molecule has 0 aromatic carbocycles.